The van der Waals surface area contributed by atoms with Gasteiger partial charge in [0.25, 0.3) is 17.7 Å². The van der Waals surface area contributed by atoms with Crippen molar-refractivity contribution >= 4 is 52.5 Å². The highest BCUT2D eigenvalue weighted by molar-refractivity contribution is 6.33. The Morgan fingerprint density at radius 3 is 2.26 bits per heavy atom. The van der Waals surface area contributed by atoms with Gasteiger partial charge < -0.3 is 19.7 Å². The third-order valence-corrected chi connectivity index (χ3v) is 12.8. The lowest BCUT2D eigenvalue weighted by atomic mass is 9.49. The number of benzene rings is 3. The number of fused-ring (bicyclic) bond motifs is 2. The lowest BCUT2D eigenvalue weighted by Crippen LogP contribution is -2.74. The van der Waals surface area contributed by atoms with Gasteiger partial charge in [0.15, 0.2) is 0 Å². The lowest BCUT2D eigenvalue weighted by molar-refractivity contribution is -0.164. The van der Waals surface area contributed by atoms with Crippen molar-refractivity contribution in [3.63, 3.8) is 0 Å². The normalized spacial score (nSPS) is 24.3. The summed E-state index contributed by atoms with van der Waals surface area (Å²) in [6.07, 6.45) is 1.80. The lowest BCUT2D eigenvalue weighted by Gasteiger charge is -2.63. The van der Waals surface area contributed by atoms with E-state index in [4.69, 9.17) is 27.6 Å². The predicted octanol–water partition coefficient (Wildman–Crippen LogP) is 5.77. The summed E-state index contributed by atoms with van der Waals surface area (Å²) in [4.78, 5) is 73.7. The van der Waals surface area contributed by atoms with Crippen molar-refractivity contribution in [1.29, 1.82) is 0 Å². The molecular formula is C43H45ClN6O7. The van der Waals surface area contributed by atoms with Crippen LogP contribution in [0.5, 0.6) is 11.5 Å². The Labute approximate surface area is 336 Å². The molecule has 3 fully saturated rings. The number of imide groups is 2. The number of amides is 5. The van der Waals surface area contributed by atoms with Crippen LogP contribution < -0.4 is 25.0 Å². The second kappa shape index (κ2) is 14.5. The van der Waals surface area contributed by atoms with Crippen LogP contribution >= 0.6 is 11.6 Å². The number of nitrogens with zero attached hydrogens (tertiary/aromatic N) is 4. The molecular weight excluding hydrogens is 748 g/mol. The number of hydrogen-bond acceptors (Lipinski definition) is 9. The van der Waals surface area contributed by atoms with E-state index in [2.05, 4.69) is 53.0 Å². The number of carbonyl (C=O) groups is 5. The van der Waals surface area contributed by atoms with E-state index in [0.717, 1.165) is 42.1 Å². The smallest absolute Gasteiger partial charge is 0.262 e. The predicted molar refractivity (Wildman–Crippen MR) is 212 cm³/mol. The van der Waals surface area contributed by atoms with Gasteiger partial charge in [-0.25, -0.2) is 4.85 Å². The van der Waals surface area contributed by atoms with Crippen molar-refractivity contribution in [3.8, 4) is 11.5 Å². The minimum atomic E-state index is -1.02. The maximum Gasteiger partial charge on any atom is 0.262 e. The van der Waals surface area contributed by atoms with Crippen LogP contribution in [0.2, 0.25) is 5.02 Å². The second-order valence-electron chi connectivity index (χ2n) is 16.8. The van der Waals surface area contributed by atoms with Crippen LogP contribution in [0.1, 0.15) is 90.0 Å². The first-order valence-corrected chi connectivity index (χ1v) is 19.8. The van der Waals surface area contributed by atoms with E-state index in [0.29, 0.717) is 47.5 Å². The van der Waals surface area contributed by atoms with Crippen LogP contribution in [0.15, 0.2) is 54.6 Å². The molecule has 3 aromatic carbocycles. The van der Waals surface area contributed by atoms with E-state index in [1.165, 1.54) is 0 Å². The molecule has 5 aliphatic rings. The molecule has 0 bridgehead atoms. The zero-order chi connectivity index (χ0) is 40.4. The molecule has 8 rings (SSSR count). The van der Waals surface area contributed by atoms with E-state index in [9.17, 15) is 24.0 Å². The minimum absolute atomic E-state index is 0.0656. The van der Waals surface area contributed by atoms with Crippen LogP contribution in [0.25, 0.3) is 4.85 Å². The van der Waals surface area contributed by atoms with Crippen molar-refractivity contribution in [2.24, 2.45) is 10.8 Å². The number of nitrogens with one attached hydrogen (secondary N) is 2. The van der Waals surface area contributed by atoms with Gasteiger partial charge in [-0.15, -0.1) is 0 Å². The zero-order valence-corrected chi connectivity index (χ0v) is 33.2. The Morgan fingerprint density at radius 2 is 1.61 bits per heavy atom. The average Bonchev–Trinajstić information content (AvgIpc) is 3.30. The molecule has 14 heteroatoms. The molecule has 1 unspecified atom stereocenters. The van der Waals surface area contributed by atoms with E-state index < -0.39 is 29.7 Å². The van der Waals surface area contributed by atoms with Gasteiger partial charge in [-0.1, -0.05) is 45.4 Å². The van der Waals surface area contributed by atoms with Crippen LogP contribution in [0.3, 0.4) is 0 Å². The highest BCUT2D eigenvalue weighted by Gasteiger charge is 2.64. The number of ether oxygens (including phenoxy) is 2. The van der Waals surface area contributed by atoms with Gasteiger partial charge in [0.2, 0.25) is 17.5 Å². The van der Waals surface area contributed by atoms with Crippen LogP contribution in [0.4, 0.5) is 11.4 Å². The fraction of sp³-hybridized carbons (Fsp3) is 0.442. The number of carbonyl (C=O) groups excluding carboxylic acids is 5. The minimum Gasteiger partial charge on any atom is -0.492 e. The molecule has 5 amide bonds. The summed E-state index contributed by atoms with van der Waals surface area (Å²) in [5.41, 5.74) is 2.57. The van der Waals surface area contributed by atoms with E-state index in [-0.39, 0.29) is 58.9 Å². The summed E-state index contributed by atoms with van der Waals surface area (Å²) in [5, 5.41) is 5.86. The van der Waals surface area contributed by atoms with Gasteiger partial charge in [-0.3, -0.25) is 39.1 Å². The summed E-state index contributed by atoms with van der Waals surface area (Å²) in [5.74, 6) is -1.10. The number of anilines is 1. The fourth-order valence-electron chi connectivity index (χ4n) is 9.80. The first kappa shape index (κ1) is 38.4. The topological polar surface area (TPSA) is 142 Å². The SMILES string of the molecule is [C-]#[N+]c1ccc(OC2C(C)(C)C(NC(=O)c3ccc(N4CCC(N5CCOc6cc7c(cc6C5)C(=O)N(C5CCC(=O)NC5=O)C7=O)CC4)cc3)C2(C)C)cc1Cl. The molecule has 0 spiro atoms. The van der Waals surface area contributed by atoms with E-state index in [1.807, 2.05) is 24.3 Å². The van der Waals surface area contributed by atoms with Crippen LogP contribution in [-0.2, 0) is 16.1 Å². The molecule has 1 saturated carbocycles. The number of piperidine rings is 2. The maximum atomic E-state index is 13.5. The largest absolute Gasteiger partial charge is 0.492 e. The number of halogens is 1. The Bertz CT molecular complexity index is 2210. The van der Waals surface area contributed by atoms with Crippen molar-refractivity contribution in [3.05, 3.63) is 93.3 Å². The third kappa shape index (κ3) is 6.78. The van der Waals surface area contributed by atoms with E-state index >= 15 is 0 Å². The molecule has 4 aliphatic heterocycles. The van der Waals surface area contributed by atoms with Gasteiger partial charge in [0, 0.05) is 72.3 Å². The van der Waals surface area contributed by atoms with Crippen LogP contribution in [-0.4, -0.2) is 89.8 Å². The molecule has 57 heavy (non-hydrogen) atoms. The van der Waals surface area contributed by atoms with Gasteiger partial charge in [0.1, 0.15) is 30.3 Å². The average molecular weight is 793 g/mol. The Kier molecular flexibility index (Phi) is 9.77. The molecule has 2 N–H and O–H groups in total. The third-order valence-electron chi connectivity index (χ3n) is 12.5. The van der Waals surface area contributed by atoms with Crippen molar-refractivity contribution in [1.82, 2.24) is 20.4 Å². The van der Waals surface area contributed by atoms with Crippen molar-refractivity contribution in [2.45, 2.75) is 84.2 Å². The highest BCUT2D eigenvalue weighted by atomic mass is 35.5. The highest BCUT2D eigenvalue weighted by Crippen LogP contribution is 2.56. The monoisotopic (exact) mass is 792 g/mol. The van der Waals surface area contributed by atoms with Gasteiger partial charge in [-0.05, 0) is 67.8 Å². The molecule has 4 heterocycles. The maximum absolute atomic E-state index is 13.5. The Morgan fingerprint density at radius 1 is 0.930 bits per heavy atom. The first-order chi connectivity index (χ1) is 27.2. The van der Waals surface area contributed by atoms with Crippen LogP contribution in [0, 0.1) is 17.4 Å². The molecule has 0 aromatic heterocycles. The standard InChI is InChI=1S/C43H45ClN6O7/c1-42(2)40(43(3,4)41(42)57-28-10-11-32(45-5)31(44)21-28)47-36(52)24-6-8-26(9-7-24)48-16-14-27(15-17-48)49-18-19-56-34-22-30-29(20-25(34)23-49)38(54)50(39(30)55)33-12-13-35(51)46-37(33)53/h6-11,20-22,27,33,40-41H,12-19,23H2,1-4H3,(H,47,52)(H,46,51,53). The molecule has 296 valence electrons. The summed E-state index contributed by atoms with van der Waals surface area (Å²) in [7, 11) is 0. The Balaban J connectivity index is 0.865. The van der Waals surface area contributed by atoms with Crippen molar-refractivity contribution < 1.29 is 33.4 Å². The molecule has 13 nitrogen and oxygen atoms in total. The quantitative estimate of drug-likeness (QED) is 0.226. The summed E-state index contributed by atoms with van der Waals surface area (Å²) in [6.45, 7) is 18.9. The van der Waals surface area contributed by atoms with Crippen molar-refractivity contribution in [2.75, 3.05) is 31.1 Å². The molecule has 2 saturated heterocycles. The number of rotatable bonds is 7. The summed E-state index contributed by atoms with van der Waals surface area (Å²) >= 11 is 6.26. The van der Waals surface area contributed by atoms with Gasteiger partial charge in [0.05, 0.1) is 22.7 Å². The van der Waals surface area contributed by atoms with Gasteiger partial charge in [-0.2, -0.15) is 0 Å². The number of hydrogen-bond donors (Lipinski definition) is 2. The summed E-state index contributed by atoms with van der Waals surface area (Å²) < 4.78 is 12.5. The Hall–Kier alpha value is -5.45. The first-order valence-electron chi connectivity index (χ1n) is 19.4. The fourth-order valence-corrected chi connectivity index (χ4v) is 10.0. The zero-order valence-electron chi connectivity index (χ0n) is 32.4. The molecule has 1 aliphatic carbocycles. The van der Waals surface area contributed by atoms with Gasteiger partial charge >= 0.3 is 0 Å². The molecule has 1 atom stereocenters. The summed E-state index contributed by atoms with van der Waals surface area (Å²) in [6, 6.07) is 15.3. The molecule has 0 radical (unpaired) electrons. The van der Waals surface area contributed by atoms with E-state index in [1.54, 1.807) is 30.3 Å². The molecule has 3 aromatic rings. The second-order valence-corrected chi connectivity index (χ2v) is 17.2.